The van der Waals surface area contributed by atoms with Gasteiger partial charge in [0, 0.05) is 6.20 Å². The minimum Gasteiger partial charge on any atom is -0.268 e. The SMILES string of the molecule is O=C1c2ccccc2C(=O)N1c1ccc(-n2cc(C(F)(F)F)cn2)cc1. The Balaban J connectivity index is 1.64. The summed E-state index contributed by atoms with van der Waals surface area (Å²) in [7, 11) is 0. The van der Waals surface area contributed by atoms with E-state index in [0.29, 0.717) is 22.5 Å². The summed E-state index contributed by atoms with van der Waals surface area (Å²) in [6.45, 7) is 0. The first-order valence-corrected chi connectivity index (χ1v) is 7.56. The highest BCUT2D eigenvalue weighted by atomic mass is 19.4. The van der Waals surface area contributed by atoms with Crippen LogP contribution in [0.2, 0.25) is 0 Å². The molecule has 3 aromatic rings. The van der Waals surface area contributed by atoms with Crippen LogP contribution in [0.3, 0.4) is 0 Å². The molecule has 0 bridgehead atoms. The summed E-state index contributed by atoms with van der Waals surface area (Å²) < 4.78 is 39.1. The molecule has 0 unspecified atom stereocenters. The van der Waals surface area contributed by atoms with Crippen LogP contribution in [-0.2, 0) is 6.18 Å². The summed E-state index contributed by atoms with van der Waals surface area (Å²) in [6.07, 6.45) is -2.87. The zero-order valence-electron chi connectivity index (χ0n) is 13.1. The fraction of sp³-hybridized carbons (Fsp3) is 0.0556. The third kappa shape index (κ3) is 2.46. The smallest absolute Gasteiger partial charge is 0.268 e. The Kier molecular flexibility index (Phi) is 3.43. The number of halogens is 3. The van der Waals surface area contributed by atoms with Crippen molar-refractivity contribution in [1.29, 1.82) is 0 Å². The lowest BCUT2D eigenvalue weighted by atomic mass is 10.1. The molecule has 0 spiro atoms. The number of imide groups is 1. The van der Waals surface area contributed by atoms with E-state index >= 15 is 0 Å². The zero-order chi connectivity index (χ0) is 18.5. The molecule has 1 aromatic heterocycles. The van der Waals surface area contributed by atoms with Gasteiger partial charge in [-0.3, -0.25) is 9.59 Å². The fourth-order valence-electron chi connectivity index (χ4n) is 2.79. The number of carbonyl (C=O) groups excluding carboxylic acids is 2. The predicted molar refractivity (Wildman–Crippen MR) is 86.1 cm³/mol. The van der Waals surface area contributed by atoms with E-state index in [-0.39, 0.29) is 0 Å². The van der Waals surface area contributed by atoms with Crippen LogP contribution >= 0.6 is 0 Å². The number of alkyl halides is 3. The molecule has 0 saturated heterocycles. The second kappa shape index (κ2) is 5.55. The number of aromatic nitrogens is 2. The van der Waals surface area contributed by atoms with E-state index in [4.69, 9.17) is 0 Å². The zero-order valence-corrected chi connectivity index (χ0v) is 13.1. The lowest BCUT2D eigenvalue weighted by molar-refractivity contribution is -0.137. The molecule has 0 atom stereocenters. The van der Waals surface area contributed by atoms with Gasteiger partial charge in [-0.15, -0.1) is 0 Å². The molecule has 0 fully saturated rings. The van der Waals surface area contributed by atoms with Gasteiger partial charge in [0.2, 0.25) is 0 Å². The molecule has 1 aliphatic heterocycles. The maximum atomic E-state index is 12.7. The molecular weight excluding hydrogens is 347 g/mol. The van der Waals surface area contributed by atoms with E-state index in [1.807, 2.05) is 0 Å². The molecule has 2 amide bonds. The number of rotatable bonds is 2. The molecule has 26 heavy (non-hydrogen) atoms. The number of fused-ring (bicyclic) bond motifs is 1. The summed E-state index contributed by atoms with van der Waals surface area (Å²) in [5, 5.41) is 3.69. The maximum absolute atomic E-state index is 12.7. The van der Waals surface area contributed by atoms with Crippen molar-refractivity contribution in [3.8, 4) is 5.69 Å². The van der Waals surface area contributed by atoms with Crippen molar-refractivity contribution < 1.29 is 22.8 Å². The molecule has 130 valence electrons. The van der Waals surface area contributed by atoms with Gasteiger partial charge in [-0.25, -0.2) is 9.58 Å². The first-order chi connectivity index (χ1) is 12.4. The third-order valence-corrected chi connectivity index (χ3v) is 4.08. The largest absolute Gasteiger partial charge is 0.419 e. The number of benzene rings is 2. The Morgan fingerprint density at radius 1 is 0.808 bits per heavy atom. The second-order valence-corrected chi connectivity index (χ2v) is 5.68. The number of hydrogen-bond donors (Lipinski definition) is 0. The Morgan fingerprint density at radius 3 is 1.85 bits per heavy atom. The van der Waals surface area contributed by atoms with Crippen LogP contribution in [-0.4, -0.2) is 21.6 Å². The molecule has 8 heteroatoms. The van der Waals surface area contributed by atoms with Crippen molar-refractivity contribution in [2.45, 2.75) is 6.18 Å². The number of nitrogens with zero attached hydrogens (tertiary/aromatic N) is 3. The van der Waals surface area contributed by atoms with Gasteiger partial charge in [0.1, 0.15) is 0 Å². The molecule has 2 heterocycles. The summed E-state index contributed by atoms with van der Waals surface area (Å²) in [4.78, 5) is 25.9. The van der Waals surface area contributed by atoms with Crippen LogP contribution in [0.25, 0.3) is 5.69 Å². The van der Waals surface area contributed by atoms with Crippen molar-refractivity contribution in [3.05, 3.63) is 77.6 Å². The average Bonchev–Trinajstić information content (AvgIpc) is 3.21. The third-order valence-electron chi connectivity index (χ3n) is 4.08. The first kappa shape index (κ1) is 16.1. The lowest BCUT2D eigenvalue weighted by Crippen LogP contribution is -2.29. The standard InChI is InChI=1S/C18H10F3N3O2/c19-18(20,21)11-9-22-23(10-11)12-5-7-13(8-6-12)24-16(25)14-3-1-2-4-15(14)17(24)26/h1-10H. The maximum Gasteiger partial charge on any atom is 0.419 e. The van der Waals surface area contributed by atoms with E-state index in [2.05, 4.69) is 5.10 Å². The Morgan fingerprint density at radius 2 is 1.35 bits per heavy atom. The summed E-state index contributed by atoms with van der Waals surface area (Å²) in [5.74, 6) is -0.867. The molecule has 0 aliphatic carbocycles. The lowest BCUT2D eigenvalue weighted by Gasteiger charge is -2.14. The van der Waals surface area contributed by atoms with Crippen molar-refractivity contribution in [2.24, 2.45) is 0 Å². The number of anilines is 1. The summed E-state index contributed by atoms with van der Waals surface area (Å²) >= 11 is 0. The van der Waals surface area contributed by atoms with Crippen LogP contribution in [0.1, 0.15) is 26.3 Å². The average molecular weight is 357 g/mol. The summed E-state index contributed by atoms with van der Waals surface area (Å²) in [6, 6.07) is 12.5. The van der Waals surface area contributed by atoms with Crippen molar-refractivity contribution in [1.82, 2.24) is 9.78 Å². The molecular formula is C18H10F3N3O2. The molecule has 0 saturated carbocycles. The van der Waals surface area contributed by atoms with Gasteiger partial charge in [0.05, 0.1) is 34.3 Å². The van der Waals surface area contributed by atoms with Gasteiger partial charge in [-0.2, -0.15) is 18.3 Å². The van der Waals surface area contributed by atoms with E-state index in [1.165, 1.54) is 24.3 Å². The topological polar surface area (TPSA) is 55.2 Å². The van der Waals surface area contributed by atoms with Crippen LogP contribution in [0.5, 0.6) is 0 Å². The van der Waals surface area contributed by atoms with Crippen LogP contribution in [0, 0.1) is 0 Å². The van der Waals surface area contributed by atoms with Gasteiger partial charge < -0.3 is 0 Å². The second-order valence-electron chi connectivity index (χ2n) is 5.68. The van der Waals surface area contributed by atoms with E-state index in [0.717, 1.165) is 22.0 Å². The molecule has 2 aromatic carbocycles. The molecule has 5 nitrogen and oxygen atoms in total. The number of carbonyl (C=O) groups is 2. The van der Waals surface area contributed by atoms with Crippen molar-refractivity contribution >= 4 is 17.5 Å². The highest BCUT2D eigenvalue weighted by Crippen LogP contribution is 2.31. The highest BCUT2D eigenvalue weighted by Gasteiger charge is 2.36. The Bertz CT molecular complexity index is 988. The minimum atomic E-state index is -4.47. The van der Waals surface area contributed by atoms with E-state index in [1.54, 1.807) is 24.3 Å². The normalized spacial score (nSPS) is 14.0. The summed E-state index contributed by atoms with van der Waals surface area (Å²) in [5.41, 5.74) is 0.498. The molecule has 0 N–H and O–H groups in total. The fourth-order valence-corrected chi connectivity index (χ4v) is 2.79. The van der Waals surface area contributed by atoms with Gasteiger partial charge >= 0.3 is 6.18 Å². The Labute approximate surface area is 145 Å². The van der Waals surface area contributed by atoms with Gasteiger partial charge in [-0.1, -0.05) is 12.1 Å². The predicted octanol–water partition coefficient (Wildman–Crippen LogP) is 3.69. The minimum absolute atomic E-state index is 0.323. The van der Waals surface area contributed by atoms with Crippen molar-refractivity contribution in [3.63, 3.8) is 0 Å². The quantitative estimate of drug-likeness (QED) is 0.658. The number of amides is 2. The van der Waals surface area contributed by atoms with Crippen LogP contribution in [0.15, 0.2) is 60.9 Å². The van der Waals surface area contributed by atoms with E-state index in [9.17, 15) is 22.8 Å². The van der Waals surface area contributed by atoms with Gasteiger partial charge in [0.25, 0.3) is 11.8 Å². The Hall–Kier alpha value is -3.42. The van der Waals surface area contributed by atoms with Crippen LogP contribution < -0.4 is 4.90 Å². The molecule has 4 rings (SSSR count). The van der Waals surface area contributed by atoms with Gasteiger partial charge in [-0.05, 0) is 36.4 Å². The van der Waals surface area contributed by atoms with E-state index < -0.39 is 23.6 Å². The monoisotopic (exact) mass is 357 g/mol. The number of hydrogen-bond acceptors (Lipinski definition) is 3. The molecule has 1 aliphatic rings. The van der Waals surface area contributed by atoms with Gasteiger partial charge in [0.15, 0.2) is 0 Å². The first-order valence-electron chi connectivity index (χ1n) is 7.56. The van der Waals surface area contributed by atoms with Crippen LogP contribution in [0.4, 0.5) is 18.9 Å². The highest BCUT2D eigenvalue weighted by molar-refractivity contribution is 6.34. The van der Waals surface area contributed by atoms with Crippen molar-refractivity contribution in [2.75, 3.05) is 4.90 Å². The molecule has 0 radical (unpaired) electrons.